The predicted octanol–water partition coefficient (Wildman–Crippen LogP) is 7.58. The van der Waals surface area contributed by atoms with Gasteiger partial charge in [0.05, 0.1) is 45.2 Å². The molecule has 0 spiro atoms. The third kappa shape index (κ3) is 8.41. The molecule has 3 N–H and O–H groups in total. The number of carbonyl (C=O) groups is 2. The molecule has 1 aromatic carbocycles. The second-order valence-electron chi connectivity index (χ2n) is 22.6. The Morgan fingerprint density at radius 2 is 1.48 bits per heavy atom. The summed E-state index contributed by atoms with van der Waals surface area (Å²) in [6.45, 7) is 25.2. The summed E-state index contributed by atoms with van der Waals surface area (Å²) in [5.41, 5.74) is 1.80. The maximum Gasteiger partial charge on any atom is 0.338 e. The monoisotopic (exact) mass is 923 g/mol. The van der Waals surface area contributed by atoms with Crippen LogP contribution in [0.25, 0.3) is 0 Å². The first kappa shape index (κ1) is 49.5. The van der Waals surface area contributed by atoms with Gasteiger partial charge in [-0.05, 0) is 152 Å². The Morgan fingerprint density at radius 1 is 0.773 bits per heavy atom. The summed E-state index contributed by atoms with van der Waals surface area (Å²) >= 11 is 0. The Kier molecular flexibility index (Phi) is 14.1. The molecule has 66 heavy (non-hydrogen) atoms. The van der Waals surface area contributed by atoms with Crippen LogP contribution < -0.4 is 4.74 Å². The molecule has 7 aliphatic rings. The number of allylic oxidation sites excluding steroid dienone is 1. The molecule has 0 radical (unpaired) electrons. The second kappa shape index (κ2) is 18.8. The van der Waals surface area contributed by atoms with E-state index in [-0.39, 0.29) is 52.0 Å². The number of aliphatic hydroxyl groups excluding tert-OH is 3. The van der Waals surface area contributed by atoms with Gasteiger partial charge in [-0.25, -0.2) is 4.79 Å². The summed E-state index contributed by atoms with van der Waals surface area (Å²) in [6.07, 6.45) is 2.42. The fourth-order valence-electron chi connectivity index (χ4n) is 15.7. The van der Waals surface area contributed by atoms with Crippen molar-refractivity contribution in [3.8, 4) is 5.75 Å². The number of benzene rings is 1. The molecular weight excluding hydrogens is 845 g/mol. The first-order valence-corrected chi connectivity index (χ1v) is 24.7. The van der Waals surface area contributed by atoms with Gasteiger partial charge in [-0.3, -0.25) is 4.79 Å². The Bertz CT molecular complexity index is 1940. The topological polar surface area (TPSA) is 169 Å². The molecule has 368 valence electrons. The molecule has 2 saturated heterocycles. The van der Waals surface area contributed by atoms with Crippen LogP contribution in [-0.2, 0) is 38.0 Å². The van der Waals surface area contributed by atoms with Gasteiger partial charge in [0.2, 0.25) is 0 Å². The number of carbonyl (C=O) groups excluding carboxylic acids is 2. The Hall–Kier alpha value is -2.88. The van der Waals surface area contributed by atoms with E-state index in [1.807, 2.05) is 6.08 Å². The minimum atomic E-state index is -1.59. The highest BCUT2D eigenvalue weighted by Crippen LogP contribution is 2.77. The summed E-state index contributed by atoms with van der Waals surface area (Å²) in [6, 6.07) is 6.21. The molecule has 5 aliphatic carbocycles. The summed E-state index contributed by atoms with van der Waals surface area (Å²) in [5, 5.41) is 33.1. The number of ether oxygens (including phenoxy) is 8. The van der Waals surface area contributed by atoms with Crippen LogP contribution in [0, 0.1) is 56.7 Å². The van der Waals surface area contributed by atoms with E-state index in [9.17, 15) is 24.9 Å². The summed E-state index contributed by atoms with van der Waals surface area (Å²) in [7, 11) is 1.51. The first-order chi connectivity index (χ1) is 31.2. The summed E-state index contributed by atoms with van der Waals surface area (Å²) in [4.78, 5) is 26.1. The Labute approximate surface area is 392 Å². The molecule has 0 bridgehead atoms. The van der Waals surface area contributed by atoms with Crippen molar-refractivity contribution in [2.45, 2.75) is 168 Å². The van der Waals surface area contributed by atoms with Crippen molar-refractivity contribution in [2.75, 3.05) is 33.5 Å². The average Bonchev–Trinajstić information content (AvgIpc) is 3.67. The molecule has 2 heterocycles. The molecule has 0 aromatic heterocycles. The van der Waals surface area contributed by atoms with E-state index in [1.54, 1.807) is 12.1 Å². The lowest BCUT2D eigenvalue weighted by Crippen LogP contribution is -2.67. The Morgan fingerprint density at radius 3 is 2.17 bits per heavy atom. The molecule has 0 amide bonds. The number of esters is 2. The Balaban J connectivity index is 1.02. The zero-order valence-electron chi connectivity index (χ0n) is 40.7. The number of hydrogen-bond acceptors (Lipinski definition) is 13. The predicted molar refractivity (Wildman–Crippen MR) is 245 cm³/mol. The van der Waals surface area contributed by atoms with Crippen LogP contribution in [0.5, 0.6) is 5.75 Å². The van der Waals surface area contributed by atoms with Gasteiger partial charge in [0, 0.05) is 6.92 Å². The molecule has 18 atom stereocenters. The van der Waals surface area contributed by atoms with Crippen LogP contribution in [0.15, 0.2) is 49.1 Å². The molecule has 8 rings (SSSR count). The van der Waals surface area contributed by atoms with Gasteiger partial charge >= 0.3 is 11.9 Å². The SMILES string of the molecule is C=CCO[C@H]1CC[C@]2(C)[C@H]3CC[C@@H]4[C@H]5[C@H](C(=C)C)CC[C@]5(CO[C@@H]5OC[C@H](O)[C@H](O[C@H]6OC[C@H](O)[C@@H](O)[C@@H]6OC(=O)c6ccc(OC)cc6)[C@H]5OC(C)=O)CC[C@@]4(C)[C@]3(C)CC[C@H]2C1(C)C. The van der Waals surface area contributed by atoms with Gasteiger partial charge in [0.1, 0.15) is 30.2 Å². The molecule has 13 heteroatoms. The van der Waals surface area contributed by atoms with Crippen LogP contribution in [0.3, 0.4) is 0 Å². The lowest BCUT2D eigenvalue weighted by Gasteiger charge is -2.73. The van der Waals surface area contributed by atoms with Gasteiger partial charge in [0.15, 0.2) is 24.8 Å². The van der Waals surface area contributed by atoms with Gasteiger partial charge < -0.3 is 53.2 Å². The number of methoxy groups -OCH3 is 1. The van der Waals surface area contributed by atoms with Crippen molar-refractivity contribution >= 4 is 11.9 Å². The van der Waals surface area contributed by atoms with E-state index in [4.69, 9.17) is 37.9 Å². The molecule has 5 saturated carbocycles. The minimum absolute atomic E-state index is 0.0788. The summed E-state index contributed by atoms with van der Waals surface area (Å²) < 4.78 is 48.4. The third-order valence-corrected chi connectivity index (χ3v) is 19.1. The average molecular weight is 923 g/mol. The van der Waals surface area contributed by atoms with E-state index >= 15 is 0 Å². The van der Waals surface area contributed by atoms with E-state index < -0.39 is 61.1 Å². The molecule has 7 fully saturated rings. The molecule has 0 unspecified atom stereocenters. The van der Waals surface area contributed by atoms with Gasteiger partial charge in [-0.1, -0.05) is 52.8 Å². The first-order valence-electron chi connectivity index (χ1n) is 24.7. The van der Waals surface area contributed by atoms with Gasteiger partial charge in [-0.15, -0.1) is 6.58 Å². The van der Waals surface area contributed by atoms with E-state index in [1.165, 1.54) is 57.4 Å². The highest BCUT2D eigenvalue weighted by Gasteiger charge is 2.71. The highest BCUT2D eigenvalue weighted by molar-refractivity contribution is 5.89. The lowest BCUT2D eigenvalue weighted by molar-refractivity contribution is -0.338. The summed E-state index contributed by atoms with van der Waals surface area (Å²) in [5.74, 6) is 1.46. The normalized spacial score (nSPS) is 45.0. The van der Waals surface area contributed by atoms with Gasteiger partial charge in [-0.2, -0.15) is 0 Å². The molecule has 13 nitrogen and oxygen atoms in total. The van der Waals surface area contributed by atoms with E-state index in [0.29, 0.717) is 48.6 Å². The number of rotatable bonds is 13. The largest absolute Gasteiger partial charge is 0.497 e. The highest BCUT2D eigenvalue weighted by atomic mass is 16.7. The lowest BCUT2D eigenvalue weighted by atomic mass is 9.32. The van der Waals surface area contributed by atoms with Crippen molar-refractivity contribution in [2.24, 2.45) is 56.7 Å². The van der Waals surface area contributed by atoms with Gasteiger partial charge in [0.25, 0.3) is 0 Å². The number of fused-ring (bicyclic) bond motifs is 7. The maximum atomic E-state index is 13.3. The van der Waals surface area contributed by atoms with Crippen molar-refractivity contribution in [1.29, 1.82) is 0 Å². The van der Waals surface area contributed by atoms with E-state index in [2.05, 4.69) is 54.7 Å². The van der Waals surface area contributed by atoms with E-state index in [0.717, 1.165) is 38.5 Å². The van der Waals surface area contributed by atoms with Crippen LogP contribution in [0.4, 0.5) is 0 Å². The fraction of sp³-hybridized carbons (Fsp3) is 0.774. The van der Waals surface area contributed by atoms with Crippen LogP contribution in [-0.4, -0.2) is 116 Å². The van der Waals surface area contributed by atoms with Crippen LogP contribution in [0.1, 0.15) is 123 Å². The second-order valence-corrected chi connectivity index (χ2v) is 22.6. The maximum absolute atomic E-state index is 13.3. The van der Waals surface area contributed by atoms with Crippen molar-refractivity contribution in [3.05, 3.63) is 54.6 Å². The van der Waals surface area contributed by atoms with Crippen LogP contribution >= 0.6 is 0 Å². The molecule has 2 aliphatic heterocycles. The molecule has 1 aromatic rings. The van der Waals surface area contributed by atoms with Crippen LogP contribution in [0.2, 0.25) is 0 Å². The molecular formula is C53H78O13. The number of aliphatic hydroxyl groups is 3. The zero-order chi connectivity index (χ0) is 47.6. The fourth-order valence-corrected chi connectivity index (χ4v) is 15.7. The number of hydrogen-bond donors (Lipinski definition) is 3. The minimum Gasteiger partial charge on any atom is -0.497 e. The zero-order valence-corrected chi connectivity index (χ0v) is 40.7. The van der Waals surface area contributed by atoms with Crippen molar-refractivity contribution < 1.29 is 62.8 Å². The van der Waals surface area contributed by atoms with Crippen molar-refractivity contribution in [3.63, 3.8) is 0 Å². The smallest absolute Gasteiger partial charge is 0.338 e. The third-order valence-electron chi connectivity index (χ3n) is 19.1. The van der Waals surface area contributed by atoms with Crippen molar-refractivity contribution in [1.82, 2.24) is 0 Å². The standard InChI is InChI=1S/C53H78O13/c1-11-26-60-40-20-21-50(7)38(49(40,5)6)19-22-52(9)39(50)17-16-35-41-34(30(2)3)18-23-53(41,25-24-51(35,52)8)29-63-47-45(64-31(4)54)43(37(56)28-61-47)66-48-44(42(57)36(55)27-62-48)65-46(58)32-12-14-33(59-10)15-13-32/h11-15,34-45,47-48,55-57H,1-2,16-29H2,3-10H3/t34-,35+,36-,37-,38-,39+,40-,41+,42+,43-,44-,45+,47-,48+,50-,51+,52+,53+/m0/s1. The quantitative estimate of drug-likeness (QED) is 0.131.